The molecule has 8 nitrogen and oxygen atoms in total. The van der Waals surface area contributed by atoms with Crippen LogP contribution in [0.25, 0.3) is 0 Å². The number of nitrogens with one attached hydrogen (secondary N) is 1. The van der Waals surface area contributed by atoms with Gasteiger partial charge in [-0.3, -0.25) is 9.36 Å². The van der Waals surface area contributed by atoms with Gasteiger partial charge in [-0.1, -0.05) is 258 Å². The zero-order valence-corrected chi connectivity index (χ0v) is 42.5. The fourth-order valence-electron chi connectivity index (χ4n) is 8.34. The van der Waals surface area contributed by atoms with Crippen molar-refractivity contribution >= 4 is 13.7 Å². The average Bonchev–Trinajstić information content (AvgIpc) is 3.21. The molecule has 61 heavy (non-hydrogen) atoms. The molecule has 1 unspecified atom stereocenters. The molecule has 0 heterocycles. The van der Waals surface area contributed by atoms with Gasteiger partial charge in [0.2, 0.25) is 5.91 Å². The standard InChI is InChI=1S/C52H107N2O6P/c1-6-8-10-12-14-16-18-20-22-23-24-25-26-27-28-29-30-32-34-36-38-40-42-44-46-52(56)53-50(49-60-61(57,58)59-48-47-54(3,4)5)51(55)45-43-41-39-37-35-33-31-21-19-17-15-13-11-9-7-2/h50-51,55H,6-49H2,1-5H3,(H-,53,56,57,58)/t50-,51+/m0/s1. The van der Waals surface area contributed by atoms with E-state index in [-0.39, 0.29) is 19.1 Å². The topological polar surface area (TPSA) is 108 Å². The highest BCUT2D eigenvalue weighted by atomic mass is 31.2. The first-order valence-electron chi connectivity index (χ1n) is 26.9. The second-order valence-electron chi connectivity index (χ2n) is 20.0. The lowest BCUT2D eigenvalue weighted by Gasteiger charge is -2.30. The van der Waals surface area contributed by atoms with Gasteiger partial charge in [0.1, 0.15) is 13.2 Å². The van der Waals surface area contributed by atoms with Crippen molar-refractivity contribution in [2.45, 2.75) is 289 Å². The molecule has 0 saturated heterocycles. The highest BCUT2D eigenvalue weighted by Crippen LogP contribution is 2.38. The third kappa shape index (κ3) is 47.3. The maximum absolute atomic E-state index is 12.9. The molecule has 366 valence electrons. The van der Waals surface area contributed by atoms with Crippen molar-refractivity contribution < 1.29 is 32.9 Å². The predicted octanol–water partition coefficient (Wildman–Crippen LogP) is 15.1. The van der Waals surface area contributed by atoms with E-state index in [2.05, 4.69) is 19.2 Å². The number of nitrogens with zero attached hydrogens (tertiary/aromatic N) is 1. The van der Waals surface area contributed by atoms with Gasteiger partial charge in [-0.2, -0.15) is 0 Å². The van der Waals surface area contributed by atoms with Crippen LogP contribution in [0.4, 0.5) is 0 Å². The van der Waals surface area contributed by atoms with Crippen LogP contribution in [-0.4, -0.2) is 68.5 Å². The zero-order chi connectivity index (χ0) is 45.0. The number of carbonyl (C=O) groups excluding carboxylic acids is 1. The largest absolute Gasteiger partial charge is 0.756 e. The molecule has 0 aromatic carbocycles. The van der Waals surface area contributed by atoms with Crippen LogP contribution in [0.2, 0.25) is 0 Å². The summed E-state index contributed by atoms with van der Waals surface area (Å²) in [5.41, 5.74) is 0. The van der Waals surface area contributed by atoms with Crippen molar-refractivity contribution in [1.82, 2.24) is 5.32 Å². The number of unbranched alkanes of at least 4 members (excludes halogenated alkanes) is 37. The van der Waals surface area contributed by atoms with Gasteiger partial charge in [-0.05, 0) is 12.8 Å². The summed E-state index contributed by atoms with van der Waals surface area (Å²) in [4.78, 5) is 25.5. The molecule has 3 atom stereocenters. The van der Waals surface area contributed by atoms with Crippen LogP contribution in [0.1, 0.15) is 277 Å². The normalized spacial score (nSPS) is 14.0. The molecule has 0 rings (SSSR count). The second-order valence-corrected chi connectivity index (χ2v) is 21.4. The number of likely N-dealkylation sites (N-methyl/N-ethyl adjacent to an activating group) is 1. The Morgan fingerprint density at radius 2 is 0.803 bits per heavy atom. The van der Waals surface area contributed by atoms with Crippen molar-refractivity contribution in [2.24, 2.45) is 0 Å². The fraction of sp³-hybridized carbons (Fsp3) is 0.981. The molecule has 0 saturated carbocycles. The van der Waals surface area contributed by atoms with Gasteiger partial charge in [-0.15, -0.1) is 0 Å². The molecule has 0 fully saturated rings. The lowest BCUT2D eigenvalue weighted by molar-refractivity contribution is -0.870. The quantitative estimate of drug-likeness (QED) is 0.0358. The van der Waals surface area contributed by atoms with Crippen LogP contribution in [-0.2, 0) is 18.4 Å². The van der Waals surface area contributed by atoms with Gasteiger partial charge in [0.15, 0.2) is 0 Å². The number of hydrogen-bond donors (Lipinski definition) is 2. The number of amides is 1. The zero-order valence-electron chi connectivity index (χ0n) is 41.7. The van der Waals surface area contributed by atoms with Gasteiger partial charge >= 0.3 is 0 Å². The first-order valence-corrected chi connectivity index (χ1v) is 28.3. The summed E-state index contributed by atoms with van der Waals surface area (Å²) < 4.78 is 23.4. The van der Waals surface area contributed by atoms with E-state index in [0.717, 1.165) is 38.5 Å². The molecule has 0 aromatic rings. The summed E-state index contributed by atoms with van der Waals surface area (Å²) in [5, 5.41) is 14.0. The molecule has 0 aliphatic rings. The van der Waals surface area contributed by atoms with Crippen LogP contribution in [0.5, 0.6) is 0 Å². The Morgan fingerprint density at radius 3 is 1.11 bits per heavy atom. The van der Waals surface area contributed by atoms with Crippen molar-refractivity contribution in [2.75, 3.05) is 40.9 Å². The van der Waals surface area contributed by atoms with E-state index in [9.17, 15) is 19.4 Å². The fourth-order valence-corrected chi connectivity index (χ4v) is 9.06. The van der Waals surface area contributed by atoms with Crippen molar-refractivity contribution in [3.63, 3.8) is 0 Å². The molecule has 0 spiro atoms. The lowest BCUT2D eigenvalue weighted by Crippen LogP contribution is -2.46. The molecule has 0 bridgehead atoms. The smallest absolute Gasteiger partial charge is 0.268 e. The maximum Gasteiger partial charge on any atom is 0.268 e. The van der Waals surface area contributed by atoms with Crippen LogP contribution in [0.3, 0.4) is 0 Å². The minimum Gasteiger partial charge on any atom is -0.756 e. The van der Waals surface area contributed by atoms with Gasteiger partial charge in [0.05, 0.1) is 39.9 Å². The van der Waals surface area contributed by atoms with E-state index in [1.54, 1.807) is 0 Å². The van der Waals surface area contributed by atoms with Gasteiger partial charge in [0, 0.05) is 6.42 Å². The van der Waals surface area contributed by atoms with E-state index in [0.29, 0.717) is 23.9 Å². The molecule has 2 N–H and O–H groups in total. The molecular weight excluding hydrogens is 780 g/mol. The Labute approximate surface area is 380 Å². The molecule has 0 aliphatic heterocycles. The van der Waals surface area contributed by atoms with Crippen molar-refractivity contribution in [3.05, 3.63) is 0 Å². The van der Waals surface area contributed by atoms with E-state index in [1.807, 2.05) is 21.1 Å². The van der Waals surface area contributed by atoms with Gasteiger partial charge in [-0.25, -0.2) is 0 Å². The number of quaternary nitrogens is 1. The lowest BCUT2D eigenvalue weighted by atomic mass is 10.0. The highest BCUT2D eigenvalue weighted by molar-refractivity contribution is 7.45. The Morgan fingerprint density at radius 1 is 0.508 bits per heavy atom. The molecular formula is C52H107N2O6P. The third-order valence-electron chi connectivity index (χ3n) is 12.6. The summed E-state index contributed by atoms with van der Waals surface area (Å²) in [7, 11) is 1.32. The first-order chi connectivity index (χ1) is 29.5. The monoisotopic (exact) mass is 887 g/mol. The third-order valence-corrected chi connectivity index (χ3v) is 13.6. The summed E-state index contributed by atoms with van der Waals surface area (Å²) >= 11 is 0. The predicted molar refractivity (Wildman–Crippen MR) is 261 cm³/mol. The van der Waals surface area contributed by atoms with Crippen LogP contribution in [0, 0.1) is 0 Å². The SMILES string of the molecule is CCCCCCCCCCCCCCCCCCCCCCCCCCC(=O)N[C@@H](COP(=O)([O-])OCC[N+](C)(C)C)[C@H](O)CCCCCCCCCCCCCCCCC. The Hall–Kier alpha value is -0.500. The van der Waals surface area contributed by atoms with Gasteiger partial charge in [0.25, 0.3) is 7.82 Å². The van der Waals surface area contributed by atoms with Gasteiger partial charge < -0.3 is 28.8 Å². The summed E-state index contributed by atoms with van der Waals surface area (Å²) in [6, 6.07) is -0.794. The van der Waals surface area contributed by atoms with Crippen LogP contribution < -0.4 is 10.2 Å². The molecule has 0 radical (unpaired) electrons. The average molecular weight is 887 g/mol. The number of aliphatic hydroxyl groups is 1. The number of phosphoric acid groups is 1. The highest BCUT2D eigenvalue weighted by Gasteiger charge is 2.24. The van der Waals surface area contributed by atoms with E-state index < -0.39 is 20.0 Å². The summed E-state index contributed by atoms with van der Waals surface area (Å²) in [6.07, 6.45) is 51.2. The van der Waals surface area contributed by atoms with E-state index in [1.165, 1.54) is 212 Å². The number of rotatable bonds is 50. The van der Waals surface area contributed by atoms with E-state index >= 15 is 0 Å². The number of carbonyl (C=O) groups is 1. The number of aliphatic hydroxyl groups excluding tert-OH is 1. The first kappa shape index (κ1) is 60.5. The molecule has 0 aromatic heterocycles. The van der Waals surface area contributed by atoms with Crippen LogP contribution in [0.15, 0.2) is 0 Å². The Bertz CT molecular complexity index is 963. The second kappa shape index (κ2) is 44.7. The molecule has 0 aliphatic carbocycles. The minimum absolute atomic E-state index is 0.0164. The Balaban J connectivity index is 4.13. The minimum atomic E-state index is -4.56. The van der Waals surface area contributed by atoms with Crippen molar-refractivity contribution in [3.8, 4) is 0 Å². The van der Waals surface area contributed by atoms with Crippen molar-refractivity contribution in [1.29, 1.82) is 0 Å². The number of hydrogen-bond acceptors (Lipinski definition) is 6. The number of phosphoric ester groups is 1. The van der Waals surface area contributed by atoms with E-state index in [4.69, 9.17) is 9.05 Å². The van der Waals surface area contributed by atoms with Crippen LogP contribution >= 0.6 is 7.82 Å². The summed E-state index contributed by atoms with van der Waals surface area (Å²) in [6.45, 7) is 4.76. The maximum atomic E-state index is 12.9. The molecule has 9 heteroatoms. The summed E-state index contributed by atoms with van der Waals surface area (Å²) in [5.74, 6) is -0.158. The Kier molecular flexibility index (Phi) is 44.3. The molecule has 1 amide bonds.